The van der Waals surface area contributed by atoms with E-state index in [0.717, 1.165) is 29.9 Å². The molecule has 142 valence electrons. The zero-order valence-electron chi connectivity index (χ0n) is 13.5. The van der Waals surface area contributed by atoms with Gasteiger partial charge in [0.05, 0.1) is 27.9 Å². The van der Waals surface area contributed by atoms with E-state index in [1.54, 1.807) is 6.07 Å². The molecule has 3 rings (SSSR count). The molecular weight excluding hydrogens is 403 g/mol. The molecule has 3 aromatic rings. The molecule has 1 aromatic heterocycles. The second-order valence-electron chi connectivity index (χ2n) is 5.58. The minimum atomic E-state index is -4.54. The summed E-state index contributed by atoms with van der Waals surface area (Å²) in [5.74, 6) is -1.21. The summed E-state index contributed by atoms with van der Waals surface area (Å²) >= 11 is 0.877. The third kappa shape index (κ3) is 4.42. The third-order valence-electron chi connectivity index (χ3n) is 3.66. The molecule has 11 heteroatoms. The van der Waals surface area contributed by atoms with Crippen molar-refractivity contribution >= 4 is 44.2 Å². The van der Waals surface area contributed by atoms with Crippen molar-refractivity contribution in [3.8, 4) is 0 Å². The van der Waals surface area contributed by atoms with Gasteiger partial charge in [-0.2, -0.15) is 21.9 Å². The number of halogens is 3. The molecule has 0 atom stereocenters. The molecular formula is C16H12F3N3O3S2. The molecule has 2 aromatic carbocycles. The smallest absolute Gasteiger partial charge is 0.326 e. The van der Waals surface area contributed by atoms with Crippen molar-refractivity contribution in [2.75, 3.05) is 11.1 Å². The SMILES string of the molecule is O=C(CCS(=O)(=O)c1cccc2nsnc12)Nc1cccc(C(F)(F)F)c1. The van der Waals surface area contributed by atoms with Crippen LogP contribution in [0.15, 0.2) is 47.4 Å². The number of alkyl halides is 3. The quantitative estimate of drug-likeness (QED) is 0.689. The fourth-order valence-corrected chi connectivity index (χ4v) is 4.38. The van der Waals surface area contributed by atoms with Crippen LogP contribution in [0.2, 0.25) is 0 Å². The number of sulfone groups is 1. The highest BCUT2D eigenvalue weighted by molar-refractivity contribution is 7.91. The van der Waals surface area contributed by atoms with Gasteiger partial charge in [-0.15, -0.1) is 0 Å². The molecule has 0 saturated carbocycles. The summed E-state index contributed by atoms with van der Waals surface area (Å²) in [5.41, 5.74) is -0.288. The van der Waals surface area contributed by atoms with E-state index < -0.39 is 39.7 Å². The zero-order valence-corrected chi connectivity index (χ0v) is 15.2. The molecule has 0 radical (unpaired) electrons. The van der Waals surface area contributed by atoms with Crippen LogP contribution in [0.4, 0.5) is 18.9 Å². The molecule has 0 spiro atoms. The molecule has 0 aliphatic heterocycles. The van der Waals surface area contributed by atoms with Crippen LogP contribution >= 0.6 is 11.7 Å². The number of benzene rings is 2. The van der Waals surface area contributed by atoms with Crippen LogP contribution in [0.1, 0.15) is 12.0 Å². The van der Waals surface area contributed by atoms with E-state index in [-0.39, 0.29) is 16.1 Å². The van der Waals surface area contributed by atoms with Crippen molar-refractivity contribution in [3.05, 3.63) is 48.0 Å². The summed E-state index contributed by atoms with van der Waals surface area (Å²) in [7, 11) is -3.81. The highest BCUT2D eigenvalue weighted by Crippen LogP contribution is 2.30. The van der Waals surface area contributed by atoms with Gasteiger partial charge in [0, 0.05) is 12.1 Å². The number of hydrogen-bond acceptors (Lipinski definition) is 6. The summed E-state index contributed by atoms with van der Waals surface area (Å²) < 4.78 is 71.0. The Morgan fingerprint density at radius 1 is 1.11 bits per heavy atom. The Morgan fingerprint density at radius 2 is 1.85 bits per heavy atom. The van der Waals surface area contributed by atoms with Gasteiger partial charge in [-0.25, -0.2) is 8.42 Å². The highest BCUT2D eigenvalue weighted by Gasteiger charge is 2.30. The average molecular weight is 415 g/mol. The minimum Gasteiger partial charge on any atom is -0.326 e. The Hall–Kier alpha value is -2.53. The van der Waals surface area contributed by atoms with Crippen molar-refractivity contribution in [2.45, 2.75) is 17.5 Å². The lowest BCUT2D eigenvalue weighted by Crippen LogP contribution is -2.18. The molecule has 6 nitrogen and oxygen atoms in total. The number of rotatable bonds is 5. The zero-order chi connectivity index (χ0) is 19.7. The van der Waals surface area contributed by atoms with Crippen LogP contribution < -0.4 is 5.32 Å². The molecule has 27 heavy (non-hydrogen) atoms. The van der Waals surface area contributed by atoms with Gasteiger partial charge in [-0.05, 0) is 30.3 Å². The van der Waals surface area contributed by atoms with Crippen LogP contribution in [0.25, 0.3) is 11.0 Å². The van der Waals surface area contributed by atoms with Crippen molar-refractivity contribution in [1.29, 1.82) is 0 Å². The van der Waals surface area contributed by atoms with E-state index in [0.29, 0.717) is 5.52 Å². The fourth-order valence-electron chi connectivity index (χ4n) is 2.37. The van der Waals surface area contributed by atoms with E-state index >= 15 is 0 Å². The standard InChI is InChI=1S/C16H12F3N3O3S2/c17-16(18,19)10-3-1-4-11(9-10)20-14(23)7-8-27(24,25)13-6-2-5-12-15(13)22-26-21-12/h1-6,9H,7-8H2,(H,20,23). The predicted octanol–water partition coefficient (Wildman–Crippen LogP) is 3.51. The summed E-state index contributed by atoms with van der Waals surface area (Å²) in [4.78, 5) is 12.0. The van der Waals surface area contributed by atoms with E-state index in [4.69, 9.17) is 0 Å². The van der Waals surface area contributed by atoms with Gasteiger partial charge in [0.15, 0.2) is 9.84 Å². The Balaban J connectivity index is 1.70. The Morgan fingerprint density at radius 3 is 2.59 bits per heavy atom. The molecule has 0 saturated heterocycles. The van der Waals surface area contributed by atoms with E-state index in [9.17, 15) is 26.4 Å². The third-order valence-corrected chi connectivity index (χ3v) is 5.94. The maximum atomic E-state index is 12.7. The molecule has 0 aliphatic rings. The summed E-state index contributed by atoms with van der Waals surface area (Å²) in [6.45, 7) is 0. The molecule has 0 unspecified atom stereocenters. The van der Waals surface area contributed by atoms with Crippen molar-refractivity contribution in [3.63, 3.8) is 0 Å². The van der Waals surface area contributed by atoms with Gasteiger partial charge < -0.3 is 5.32 Å². The van der Waals surface area contributed by atoms with Gasteiger partial charge in [0.1, 0.15) is 11.0 Å². The first-order chi connectivity index (χ1) is 12.7. The predicted molar refractivity (Wildman–Crippen MR) is 94.2 cm³/mol. The number of anilines is 1. The fraction of sp³-hybridized carbons (Fsp3) is 0.188. The number of hydrogen-bond donors (Lipinski definition) is 1. The minimum absolute atomic E-state index is 0.0272. The van der Waals surface area contributed by atoms with Gasteiger partial charge >= 0.3 is 6.18 Å². The molecule has 0 fully saturated rings. The first kappa shape index (κ1) is 19.2. The van der Waals surface area contributed by atoms with Crippen LogP contribution in [0.3, 0.4) is 0 Å². The summed E-state index contributed by atoms with van der Waals surface area (Å²) in [5, 5.41) is 2.28. The molecule has 0 bridgehead atoms. The van der Waals surface area contributed by atoms with Gasteiger partial charge in [-0.1, -0.05) is 12.1 Å². The van der Waals surface area contributed by atoms with Crippen molar-refractivity contribution < 1.29 is 26.4 Å². The van der Waals surface area contributed by atoms with Gasteiger partial charge in [-0.3, -0.25) is 4.79 Å². The average Bonchev–Trinajstić information content (AvgIpc) is 3.08. The number of aromatic nitrogens is 2. The molecule has 1 amide bonds. The number of nitrogens with zero attached hydrogens (tertiary/aromatic N) is 2. The van der Waals surface area contributed by atoms with Gasteiger partial charge in [0.2, 0.25) is 5.91 Å². The Bertz CT molecular complexity index is 1090. The normalized spacial score (nSPS) is 12.3. The molecule has 1 heterocycles. The number of amides is 1. The largest absolute Gasteiger partial charge is 0.416 e. The van der Waals surface area contributed by atoms with E-state index in [1.807, 2.05) is 0 Å². The molecule has 0 aliphatic carbocycles. The maximum absolute atomic E-state index is 12.7. The Kier molecular flexibility index (Phi) is 5.16. The summed E-state index contributed by atoms with van der Waals surface area (Å²) in [6, 6.07) is 8.65. The van der Waals surface area contributed by atoms with E-state index in [2.05, 4.69) is 14.1 Å². The molecule has 1 N–H and O–H groups in total. The lowest BCUT2D eigenvalue weighted by molar-refractivity contribution is -0.137. The topological polar surface area (TPSA) is 89.0 Å². The number of fused-ring (bicyclic) bond motifs is 1. The lowest BCUT2D eigenvalue weighted by atomic mass is 10.2. The maximum Gasteiger partial charge on any atom is 0.416 e. The van der Waals surface area contributed by atoms with Crippen LogP contribution in [-0.2, 0) is 20.8 Å². The number of carbonyl (C=O) groups excluding carboxylic acids is 1. The highest BCUT2D eigenvalue weighted by atomic mass is 32.2. The van der Waals surface area contributed by atoms with Crippen LogP contribution in [0, 0.1) is 0 Å². The van der Waals surface area contributed by atoms with Crippen LogP contribution in [0.5, 0.6) is 0 Å². The van der Waals surface area contributed by atoms with Crippen molar-refractivity contribution in [2.24, 2.45) is 0 Å². The number of nitrogens with one attached hydrogen (secondary N) is 1. The summed E-state index contributed by atoms with van der Waals surface area (Å²) in [6.07, 6.45) is -4.95. The lowest BCUT2D eigenvalue weighted by Gasteiger charge is -2.10. The van der Waals surface area contributed by atoms with E-state index in [1.165, 1.54) is 18.2 Å². The second kappa shape index (κ2) is 7.24. The Labute approximate surface area is 156 Å². The first-order valence-corrected chi connectivity index (χ1v) is 9.96. The van der Waals surface area contributed by atoms with Crippen LogP contribution in [-0.4, -0.2) is 28.8 Å². The number of carbonyl (C=O) groups is 1. The first-order valence-electron chi connectivity index (χ1n) is 7.58. The second-order valence-corrected chi connectivity index (χ2v) is 8.19. The monoisotopic (exact) mass is 415 g/mol. The van der Waals surface area contributed by atoms with Crippen molar-refractivity contribution in [1.82, 2.24) is 8.75 Å². The van der Waals surface area contributed by atoms with Gasteiger partial charge in [0.25, 0.3) is 0 Å².